The average Bonchev–Trinajstić information content (AvgIpc) is 2.74. The van der Waals surface area contributed by atoms with Gasteiger partial charge in [0.25, 0.3) is 0 Å². The van der Waals surface area contributed by atoms with Crippen LogP contribution < -0.4 is 5.32 Å². The van der Waals surface area contributed by atoms with E-state index in [0.29, 0.717) is 6.04 Å². The monoisotopic (exact) mass is 282 g/mol. The van der Waals surface area contributed by atoms with Gasteiger partial charge in [0.05, 0.1) is 5.69 Å². The summed E-state index contributed by atoms with van der Waals surface area (Å²) < 4.78 is 0.854. The van der Waals surface area contributed by atoms with Gasteiger partial charge in [0.15, 0.2) is 0 Å². The first-order chi connectivity index (χ1) is 7.27. The molecule has 0 bridgehead atoms. The molecule has 15 heavy (non-hydrogen) atoms. The highest BCUT2D eigenvalue weighted by Gasteiger charge is 2.07. The summed E-state index contributed by atoms with van der Waals surface area (Å²) in [7, 11) is 0. The van der Waals surface area contributed by atoms with Crippen LogP contribution in [-0.4, -0.2) is 4.98 Å². The molecule has 0 fully saturated rings. The highest BCUT2D eigenvalue weighted by atomic mass is 79.9. The number of halogens is 1. The lowest BCUT2D eigenvalue weighted by Crippen LogP contribution is -2.06. The Kier molecular flexibility index (Phi) is 3.38. The third-order valence-electron chi connectivity index (χ3n) is 2.17. The summed E-state index contributed by atoms with van der Waals surface area (Å²) in [6.07, 6.45) is 1.77. The Labute approximate surface area is 101 Å². The summed E-state index contributed by atoms with van der Waals surface area (Å²) in [5.41, 5.74) is 2.33. The predicted molar refractivity (Wildman–Crippen MR) is 68.3 cm³/mol. The first kappa shape index (κ1) is 10.6. The number of aromatic nitrogens is 1. The summed E-state index contributed by atoms with van der Waals surface area (Å²) in [5, 5.41) is 7.65. The maximum atomic E-state index is 4.17. The van der Waals surface area contributed by atoms with Crippen molar-refractivity contribution in [1.29, 1.82) is 0 Å². The van der Waals surface area contributed by atoms with Crippen LogP contribution in [-0.2, 0) is 0 Å². The Morgan fingerprint density at radius 1 is 1.47 bits per heavy atom. The molecule has 1 unspecified atom stereocenters. The van der Waals surface area contributed by atoms with E-state index >= 15 is 0 Å². The Morgan fingerprint density at radius 3 is 3.00 bits per heavy atom. The summed E-state index contributed by atoms with van der Waals surface area (Å²) in [5.74, 6) is 0. The van der Waals surface area contributed by atoms with E-state index in [1.54, 1.807) is 17.5 Å². The van der Waals surface area contributed by atoms with E-state index in [9.17, 15) is 0 Å². The van der Waals surface area contributed by atoms with Gasteiger partial charge in [-0.15, -0.1) is 0 Å². The molecule has 0 aliphatic carbocycles. The minimum Gasteiger partial charge on any atom is -0.376 e. The summed E-state index contributed by atoms with van der Waals surface area (Å²) in [6, 6.07) is 6.37. The van der Waals surface area contributed by atoms with Crippen molar-refractivity contribution < 1.29 is 0 Å². The van der Waals surface area contributed by atoms with Crippen LogP contribution in [0, 0.1) is 0 Å². The van der Waals surface area contributed by atoms with Gasteiger partial charge in [-0.2, -0.15) is 11.3 Å². The predicted octanol–water partition coefficient (Wildman–Crippen LogP) is 4.08. The molecule has 0 saturated carbocycles. The highest BCUT2D eigenvalue weighted by molar-refractivity contribution is 9.10. The van der Waals surface area contributed by atoms with E-state index in [4.69, 9.17) is 0 Å². The summed E-state index contributed by atoms with van der Waals surface area (Å²) >= 11 is 5.13. The zero-order chi connectivity index (χ0) is 10.7. The van der Waals surface area contributed by atoms with Crippen LogP contribution in [0.4, 0.5) is 5.69 Å². The molecule has 2 rings (SSSR count). The van der Waals surface area contributed by atoms with Crippen molar-refractivity contribution in [2.75, 3.05) is 5.32 Å². The lowest BCUT2D eigenvalue weighted by molar-refractivity contribution is 0.886. The van der Waals surface area contributed by atoms with Crippen LogP contribution in [0.1, 0.15) is 18.5 Å². The smallest absolute Gasteiger partial charge is 0.129 e. The van der Waals surface area contributed by atoms with Gasteiger partial charge in [-0.1, -0.05) is 0 Å². The molecular formula is C11H11BrN2S. The van der Waals surface area contributed by atoms with Crippen LogP contribution in [0.25, 0.3) is 0 Å². The van der Waals surface area contributed by atoms with E-state index in [1.807, 2.05) is 12.1 Å². The third kappa shape index (κ3) is 2.58. The Morgan fingerprint density at radius 2 is 2.33 bits per heavy atom. The van der Waals surface area contributed by atoms with Gasteiger partial charge in [0.1, 0.15) is 4.60 Å². The molecule has 2 heterocycles. The number of thiophene rings is 1. The summed E-state index contributed by atoms with van der Waals surface area (Å²) in [6.45, 7) is 2.14. The molecule has 0 aliphatic rings. The summed E-state index contributed by atoms with van der Waals surface area (Å²) in [4.78, 5) is 4.17. The van der Waals surface area contributed by atoms with E-state index in [2.05, 4.69) is 50.0 Å². The molecule has 0 amide bonds. The molecule has 0 aromatic carbocycles. The average molecular weight is 283 g/mol. The maximum Gasteiger partial charge on any atom is 0.129 e. The lowest BCUT2D eigenvalue weighted by atomic mass is 10.2. The van der Waals surface area contributed by atoms with Crippen molar-refractivity contribution in [3.8, 4) is 0 Å². The minimum atomic E-state index is 0.303. The number of hydrogen-bond donors (Lipinski definition) is 1. The van der Waals surface area contributed by atoms with Crippen molar-refractivity contribution in [3.05, 3.63) is 45.3 Å². The molecule has 0 radical (unpaired) electrons. The van der Waals surface area contributed by atoms with E-state index in [-0.39, 0.29) is 0 Å². The Hall–Kier alpha value is -0.870. The normalized spacial score (nSPS) is 12.4. The van der Waals surface area contributed by atoms with Gasteiger partial charge in [0.2, 0.25) is 0 Å². The first-order valence-electron chi connectivity index (χ1n) is 4.66. The molecule has 0 spiro atoms. The number of nitrogens with one attached hydrogen (secondary N) is 1. The van der Waals surface area contributed by atoms with Gasteiger partial charge in [0, 0.05) is 12.2 Å². The lowest BCUT2D eigenvalue weighted by Gasteiger charge is -2.14. The molecule has 2 aromatic heterocycles. The quantitative estimate of drug-likeness (QED) is 0.858. The molecule has 4 heteroatoms. The fourth-order valence-electron chi connectivity index (χ4n) is 1.33. The van der Waals surface area contributed by atoms with Crippen molar-refractivity contribution in [3.63, 3.8) is 0 Å². The van der Waals surface area contributed by atoms with Crippen LogP contribution in [0.15, 0.2) is 39.8 Å². The second kappa shape index (κ2) is 4.77. The molecule has 0 saturated heterocycles. The van der Waals surface area contributed by atoms with Gasteiger partial charge in [-0.05, 0) is 57.4 Å². The van der Waals surface area contributed by atoms with Crippen molar-refractivity contribution in [1.82, 2.24) is 4.98 Å². The van der Waals surface area contributed by atoms with Crippen LogP contribution in [0.2, 0.25) is 0 Å². The van der Waals surface area contributed by atoms with E-state index in [0.717, 1.165) is 10.3 Å². The van der Waals surface area contributed by atoms with Crippen LogP contribution >= 0.6 is 27.3 Å². The zero-order valence-corrected chi connectivity index (χ0v) is 10.7. The van der Waals surface area contributed by atoms with Crippen LogP contribution in [0.3, 0.4) is 0 Å². The fraction of sp³-hybridized carbons (Fsp3) is 0.182. The fourth-order valence-corrected chi connectivity index (χ4v) is 2.45. The Balaban J connectivity index is 2.13. The number of nitrogens with zero attached hydrogens (tertiary/aromatic N) is 1. The van der Waals surface area contributed by atoms with E-state index < -0.39 is 0 Å². The number of hydrogen-bond acceptors (Lipinski definition) is 3. The van der Waals surface area contributed by atoms with Crippen LogP contribution in [0.5, 0.6) is 0 Å². The van der Waals surface area contributed by atoms with Crippen molar-refractivity contribution >= 4 is 33.0 Å². The largest absolute Gasteiger partial charge is 0.376 e. The van der Waals surface area contributed by atoms with Crippen molar-refractivity contribution in [2.45, 2.75) is 13.0 Å². The third-order valence-corrected chi connectivity index (χ3v) is 3.51. The SMILES string of the molecule is CC(Nc1cccnc1Br)c1ccsc1. The molecule has 2 aromatic rings. The molecule has 78 valence electrons. The second-order valence-electron chi connectivity index (χ2n) is 3.26. The van der Waals surface area contributed by atoms with Gasteiger partial charge in [-0.25, -0.2) is 4.98 Å². The number of pyridine rings is 1. The van der Waals surface area contributed by atoms with Gasteiger partial charge < -0.3 is 5.32 Å². The molecule has 1 atom stereocenters. The van der Waals surface area contributed by atoms with Gasteiger partial charge >= 0.3 is 0 Å². The molecule has 0 aliphatic heterocycles. The standard InChI is InChI=1S/C11H11BrN2S/c1-8(9-4-6-15-7-9)14-10-3-2-5-13-11(10)12/h2-8,14H,1H3. The topological polar surface area (TPSA) is 24.9 Å². The first-order valence-corrected chi connectivity index (χ1v) is 6.40. The zero-order valence-electron chi connectivity index (χ0n) is 8.27. The second-order valence-corrected chi connectivity index (χ2v) is 4.80. The van der Waals surface area contributed by atoms with Gasteiger partial charge in [-0.3, -0.25) is 0 Å². The van der Waals surface area contributed by atoms with E-state index in [1.165, 1.54) is 5.56 Å². The number of rotatable bonds is 3. The highest BCUT2D eigenvalue weighted by Crippen LogP contribution is 2.25. The Bertz CT molecular complexity index is 428. The molecule has 1 N–H and O–H groups in total. The maximum absolute atomic E-state index is 4.17. The molecular weight excluding hydrogens is 272 g/mol. The van der Waals surface area contributed by atoms with Crippen molar-refractivity contribution in [2.24, 2.45) is 0 Å². The number of anilines is 1. The minimum absolute atomic E-state index is 0.303. The molecule has 2 nitrogen and oxygen atoms in total.